The van der Waals surface area contributed by atoms with E-state index in [4.69, 9.17) is 17.2 Å². The third-order valence-electron chi connectivity index (χ3n) is 21.5. The Kier molecular flexibility index (Phi) is 30.0. The molecule has 5 heterocycles. The van der Waals surface area contributed by atoms with Gasteiger partial charge in [0.15, 0.2) is 5.96 Å². The van der Waals surface area contributed by atoms with E-state index in [1.54, 1.807) is 123 Å². The van der Waals surface area contributed by atoms with Crippen LogP contribution >= 0.6 is 0 Å². The van der Waals surface area contributed by atoms with Crippen molar-refractivity contribution in [3.05, 3.63) is 203 Å². The number of nitrogens with zero attached hydrogens (tertiary/aromatic N) is 3. The van der Waals surface area contributed by atoms with E-state index < -0.39 is 150 Å². The molecule has 650 valence electrons. The number of guanidine groups is 1. The summed E-state index contributed by atoms with van der Waals surface area (Å²) in [4.78, 5) is 195. The molecule has 0 aliphatic carbocycles. The minimum Gasteiger partial charge on any atom is -0.508 e. The number of imidazole rings is 1. The number of para-hydroxylation sites is 2. The van der Waals surface area contributed by atoms with E-state index in [-0.39, 0.29) is 118 Å². The molecular formula is C87H98N18O19. The van der Waals surface area contributed by atoms with E-state index >= 15 is 9.59 Å². The van der Waals surface area contributed by atoms with Gasteiger partial charge in [0, 0.05) is 109 Å². The zero-order valence-corrected chi connectivity index (χ0v) is 67.7. The number of aromatic amines is 3. The van der Waals surface area contributed by atoms with Crippen LogP contribution < -0.4 is 65.1 Å². The molecule has 0 spiro atoms. The SMILES string of the molecule is CC(C)C[C@H](NC(=O)[C@H](Cc1c[nH]c2ccccc12)NC(=O)[C@H](Cc1ccc(O)cc1)NC(=O)[C@H](CO)NC(=O)[C@H](Cc1c[nH]c2ccccc12)NC(=O)[C@H](Cc1cnc[nH]1)NC(=O)[C@@H]1CCC(=O)N1)C(=O)N[C@@H](CCCN=C(N)N)C(=O)N1CCC[C@H]1C(=O)NCC(N)=O.O=C(O)c1cc2ccccc2c(Cc2c(O)c(C(=O)O)cc3ccccc23)c1O. The van der Waals surface area contributed by atoms with Crippen LogP contribution in [-0.2, 0) is 84.8 Å². The molecule has 2 aliphatic rings. The number of fused-ring (bicyclic) bond motifs is 4. The maximum absolute atomic E-state index is 15.1. The van der Waals surface area contributed by atoms with Gasteiger partial charge in [0.1, 0.15) is 82.8 Å². The summed E-state index contributed by atoms with van der Waals surface area (Å²) in [5.41, 5.74) is 19.9. The monoisotopic (exact) mass is 1700 g/mol. The van der Waals surface area contributed by atoms with E-state index in [0.29, 0.717) is 83.3 Å². The second kappa shape index (κ2) is 41.4. The molecule has 3 aromatic heterocycles. The molecule has 7 aromatic carbocycles. The Balaban J connectivity index is 0.000000430. The fourth-order valence-corrected chi connectivity index (χ4v) is 15.2. The molecule has 10 aromatic rings. The number of carboxylic acid groups (broad SMARTS) is 2. The number of benzene rings is 7. The molecule has 11 amide bonds. The molecule has 124 heavy (non-hydrogen) atoms. The number of aliphatic imine (C=N–C) groups is 1. The van der Waals surface area contributed by atoms with Crippen molar-refractivity contribution in [3.8, 4) is 17.2 Å². The number of primary amides is 1. The number of amides is 11. The summed E-state index contributed by atoms with van der Waals surface area (Å²) in [5, 5.41) is 89.3. The van der Waals surface area contributed by atoms with Crippen LogP contribution in [0.2, 0.25) is 0 Å². The zero-order chi connectivity index (χ0) is 89.0. The summed E-state index contributed by atoms with van der Waals surface area (Å²) >= 11 is 0. The number of phenols is 3. The van der Waals surface area contributed by atoms with E-state index in [1.807, 2.05) is 0 Å². The van der Waals surface area contributed by atoms with E-state index in [9.17, 15) is 83.4 Å². The van der Waals surface area contributed by atoms with Crippen LogP contribution in [0, 0.1) is 5.92 Å². The number of aliphatic hydroxyl groups excluding tert-OH is 1. The first-order valence-corrected chi connectivity index (χ1v) is 40.2. The van der Waals surface area contributed by atoms with Gasteiger partial charge in [-0.1, -0.05) is 111 Å². The molecule has 12 rings (SSSR count). The van der Waals surface area contributed by atoms with Gasteiger partial charge in [-0.25, -0.2) is 14.6 Å². The topological polar surface area (TPSA) is 605 Å². The zero-order valence-electron chi connectivity index (χ0n) is 67.7. The molecular weight excluding hydrogens is 1600 g/mol. The summed E-state index contributed by atoms with van der Waals surface area (Å²) in [6, 6.07) is 24.6. The third-order valence-corrected chi connectivity index (χ3v) is 21.5. The van der Waals surface area contributed by atoms with Gasteiger partial charge in [-0.05, 0) is 119 Å². The summed E-state index contributed by atoms with van der Waals surface area (Å²) in [6.45, 7) is 2.33. The molecule has 24 N–H and O–H groups in total. The summed E-state index contributed by atoms with van der Waals surface area (Å²) in [5.74, 6) is -12.4. The number of phenolic OH excluding ortho intramolecular Hbond substituents is 1. The van der Waals surface area contributed by atoms with Crippen LogP contribution in [0.25, 0.3) is 43.4 Å². The number of carboxylic acids is 2. The number of hydrogen-bond acceptors (Lipinski definition) is 19. The Bertz CT molecular complexity index is 5570. The third kappa shape index (κ3) is 23.0. The number of likely N-dealkylation sites (tertiary alicyclic amines) is 1. The van der Waals surface area contributed by atoms with Gasteiger partial charge in [0.25, 0.3) is 0 Å². The van der Waals surface area contributed by atoms with Crippen LogP contribution in [0.5, 0.6) is 17.2 Å². The Morgan fingerprint density at radius 2 is 1.04 bits per heavy atom. The van der Waals surface area contributed by atoms with Crippen molar-refractivity contribution in [1.29, 1.82) is 0 Å². The fourth-order valence-electron chi connectivity index (χ4n) is 15.2. The largest absolute Gasteiger partial charge is 0.508 e. The van der Waals surface area contributed by atoms with E-state index in [0.717, 1.165) is 0 Å². The Hall–Kier alpha value is -14.9. The number of aromatic nitrogens is 4. The number of nitrogens with two attached hydrogens (primary N) is 3. The molecule has 9 atom stereocenters. The predicted molar refractivity (Wildman–Crippen MR) is 454 cm³/mol. The second-order valence-electron chi connectivity index (χ2n) is 30.7. The van der Waals surface area contributed by atoms with Gasteiger partial charge in [-0.2, -0.15) is 0 Å². The van der Waals surface area contributed by atoms with Gasteiger partial charge >= 0.3 is 11.9 Å². The van der Waals surface area contributed by atoms with Crippen LogP contribution in [0.15, 0.2) is 163 Å². The highest BCUT2D eigenvalue weighted by Crippen LogP contribution is 2.39. The van der Waals surface area contributed by atoms with Crippen molar-refractivity contribution in [2.24, 2.45) is 28.1 Å². The molecule has 37 nitrogen and oxygen atoms in total. The highest BCUT2D eigenvalue weighted by atomic mass is 16.4. The minimum absolute atomic E-state index is 0.00905. The lowest BCUT2D eigenvalue weighted by molar-refractivity contribution is -0.142. The summed E-state index contributed by atoms with van der Waals surface area (Å²) < 4.78 is 0. The minimum atomic E-state index is -1.80. The summed E-state index contributed by atoms with van der Waals surface area (Å²) in [7, 11) is 0. The number of aromatic carboxylic acids is 2. The van der Waals surface area contributed by atoms with Crippen molar-refractivity contribution < 1.29 is 93.0 Å². The lowest BCUT2D eigenvalue weighted by Gasteiger charge is -2.30. The number of rotatable bonds is 37. The number of H-pyrrole nitrogens is 3. The first kappa shape index (κ1) is 89.9. The van der Waals surface area contributed by atoms with Crippen molar-refractivity contribution in [3.63, 3.8) is 0 Å². The van der Waals surface area contributed by atoms with E-state index in [2.05, 4.69) is 72.8 Å². The van der Waals surface area contributed by atoms with Gasteiger partial charge in [0.2, 0.25) is 65.0 Å². The highest BCUT2D eigenvalue weighted by Gasteiger charge is 2.41. The molecule has 2 saturated heterocycles. The smallest absolute Gasteiger partial charge is 0.339 e. The van der Waals surface area contributed by atoms with E-state index in [1.165, 1.54) is 53.8 Å². The normalized spacial score (nSPS) is 15.3. The first-order chi connectivity index (χ1) is 59.4. The number of nitrogens with one attached hydrogen (secondary N) is 12. The molecule has 37 heteroatoms. The van der Waals surface area contributed by atoms with Gasteiger partial charge < -0.3 is 116 Å². The van der Waals surface area contributed by atoms with Crippen molar-refractivity contribution in [1.82, 2.24) is 72.7 Å². The Morgan fingerprint density at radius 3 is 1.53 bits per heavy atom. The number of hydrogen-bond donors (Lipinski definition) is 21. The molecule has 0 bridgehead atoms. The number of carbonyl (C=O) groups is 13. The van der Waals surface area contributed by atoms with Gasteiger partial charge in [0.05, 0.1) is 19.5 Å². The van der Waals surface area contributed by atoms with Crippen LogP contribution in [-0.4, -0.2) is 219 Å². The maximum Gasteiger partial charge on any atom is 0.339 e. The predicted octanol–water partition coefficient (Wildman–Crippen LogP) is 2.10. The van der Waals surface area contributed by atoms with Crippen LogP contribution in [0.4, 0.5) is 0 Å². The quantitative estimate of drug-likeness (QED) is 0.0151. The lowest BCUT2D eigenvalue weighted by Crippen LogP contribution is -2.61. The van der Waals surface area contributed by atoms with Crippen molar-refractivity contribution >= 4 is 126 Å². The number of aliphatic hydroxyl groups is 1. The maximum atomic E-state index is 15.1. The number of carbonyl (C=O) groups excluding carboxylic acids is 11. The van der Waals surface area contributed by atoms with Gasteiger partial charge in [-0.3, -0.25) is 57.7 Å². The average Bonchev–Trinajstić information content (AvgIpc) is 1.20. The number of aromatic hydroxyl groups is 3. The standard InChI is InChI=1S/C64H82N18O13.C23H16O6/c1-34(2)23-46(56(88)75-45(13-7-21-69-64(66)67)63(95)82-22-8-14-52(82)62(94)72-31-53(65)85)76-58(90)48(25-36-28-70-42-11-5-3-9-40(36)42)78-57(89)47(24-35-15-17-39(84)18-16-35)77-61(93)51(32-83)81-59(91)49(26-37-29-71-43-12-6-4-10-41(37)43)79-60(92)50(27-38-30-68-33-73-38)80-55(87)44-19-20-54(86)74-44;24-20-16(14-7-3-1-5-12(14)9-18(20)22(26)27)11-17-15-8-4-2-6-13(15)10-19(21(17)25)23(28)29/h3-6,9-12,15-18,28-30,33-34,44-52,70-71,83-84H,7-8,13-14,19-27,31-32H2,1-2H3,(H2,65,85)(H,68,73)(H,72,94)(H,74,86)(H,75,88)(H,76,90)(H,77,93)(H,78,89)(H,79,92)(H,80,87)(H,81,91)(H4,66,67,69);1-10,24-25H,11H2,(H,26,27)(H,28,29)/t44-,45-,46-,47-,48-,49-,50-,51-,52-;/m0./s1. The first-order valence-electron chi connectivity index (χ1n) is 40.2. The lowest BCUT2D eigenvalue weighted by atomic mass is 9.90. The average molecular weight is 1700 g/mol. The van der Waals surface area contributed by atoms with Crippen LogP contribution in [0.3, 0.4) is 0 Å². The van der Waals surface area contributed by atoms with Crippen molar-refractivity contribution in [2.75, 3.05) is 26.2 Å². The molecule has 2 fully saturated rings. The van der Waals surface area contributed by atoms with Crippen molar-refractivity contribution in [2.45, 2.75) is 145 Å². The molecule has 0 saturated carbocycles. The molecule has 2 aliphatic heterocycles. The Labute approximate surface area is 708 Å². The van der Waals surface area contributed by atoms with Gasteiger partial charge in [-0.15, -0.1) is 0 Å². The fraction of sp³-hybridized carbons (Fsp3) is 0.322. The molecule has 0 unspecified atom stereocenters. The van der Waals surface area contributed by atoms with Crippen LogP contribution in [0.1, 0.15) is 113 Å². The Morgan fingerprint density at radius 1 is 0.556 bits per heavy atom. The molecule has 0 radical (unpaired) electrons. The highest BCUT2D eigenvalue weighted by molar-refractivity contribution is 6.04. The summed E-state index contributed by atoms with van der Waals surface area (Å²) in [6.07, 6.45) is 6.47. The second-order valence-corrected chi connectivity index (χ2v) is 30.7.